The lowest BCUT2D eigenvalue weighted by molar-refractivity contribution is -0.117. The van der Waals surface area contributed by atoms with Crippen molar-refractivity contribution in [2.45, 2.75) is 13.5 Å². The average Bonchev–Trinajstić information content (AvgIpc) is 3.13. The van der Waals surface area contributed by atoms with Crippen LogP contribution in [0.5, 0.6) is 11.5 Å². The van der Waals surface area contributed by atoms with Gasteiger partial charge in [0.2, 0.25) is 0 Å². The third-order valence-electron chi connectivity index (χ3n) is 5.03. The van der Waals surface area contributed by atoms with Gasteiger partial charge in [-0.1, -0.05) is 47.5 Å². The zero-order valence-corrected chi connectivity index (χ0v) is 23.0. The number of benzene rings is 3. The molecule has 10 heteroatoms. The highest BCUT2D eigenvalue weighted by molar-refractivity contribution is 9.13. The van der Waals surface area contributed by atoms with Crippen molar-refractivity contribution in [1.82, 2.24) is 5.43 Å². The first-order chi connectivity index (χ1) is 16.8. The first-order valence-corrected chi connectivity index (χ1v) is 12.8. The number of halogens is 4. The van der Waals surface area contributed by atoms with Gasteiger partial charge in [0.05, 0.1) is 26.8 Å². The van der Waals surface area contributed by atoms with Crippen LogP contribution in [0.4, 0.5) is 5.69 Å². The van der Waals surface area contributed by atoms with Gasteiger partial charge in [-0.15, -0.1) is 0 Å². The Kier molecular flexibility index (Phi) is 8.06. The number of para-hydroxylation sites is 1. The monoisotopic (exact) mass is 638 g/mol. The van der Waals surface area contributed by atoms with E-state index in [9.17, 15) is 9.59 Å². The number of nitrogens with zero attached hydrogens (tertiary/aromatic N) is 1. The summed E-state index contributed by atoms with van der Waals surface area (Å²) in [6.07, 6.45) is 1.51. The highest BCUT2D eigenvalue weighted by Crippen LogP contribution is 2.44. The highest BCUT2D eigenvalue weighted by Gasteiger charge is 2.34. The van der Waals surface area contributed by atoms with Gasteiger partial charge in [0.1, 0.15) is 12.2 Å². The SMILES string of the molecule is CCOc1cc(/C=C2/C(=O)NN(c3ccccc3)C2=O)c(Br)c(Br)c1OCc1ccc(Cl)c(Cl)c1. The first kappa shape index (κ1) is 25.6. The Hall–Kier alpha value is -2.52. The molecule has 1 heterocycles. The van der Waals surface area contributed by atoms with Crippen LogP contribution in [0, 0.1) is 0 Å². The average molecular weight is 641 g/mol. The topological polar surface area (TPSA) is 67.9 Å². The van der Waals surface area contributed by atoms with E-state index in [2.05, 4.69) is 37.3 Å². The number of rotatable bonds is 7. The minimum Gasteiger partial charge on any atom is -0.490 e. The molecule has 2 amide bonds. The van der Waals surface area contributed by atoms with Gasteiger partial charge in [0.15, 0.2) is 11.5 Å². The molecule has 1 aliphatic heterocycles. The summed E-state index contributed by atoms with van der Waals surface area (Å²) >= 11 is 19.2. The summed E-state index contributed by atoms with van der Waals surface area (Å²) in [5, 5.41) is 2.11. The molecule has 0 atom stereocenters. The normalized spacial score (nSPS) is 14.4. The lowest BCUT2D eigenvalue weighted by Crippen LogP contribution is -2.35. The third-order valence-corrected chi connectivity index (χ3v) is 7.91. The van der Waals surface area contributed by atoms with Crippen molar-refractivity contribution in [3.05, 3.63) is 90.3 Å². The molecule has 1 fully saturated rings. The Morgan fingerprint density at radius 2 is 1.71 bits per heavy atom. The zero-order chi connectivity index (χ0) is 25.1. The van der Waals surface area contributed by atoms with Crippen LogP contribution in [0.15, 0.2) is 69.1 Å². The van der Waals surface area contributed by atoms with E-state index in [0.717, 1.165) is 5.56 Å². The molecule has 0 aromatic heterocycles. The molecule has 3 aromatic rings. The Labute approximate surface area is 229 Å². The summed E-state index contributed by atoms with van der Waals surface area (Å²) in [4.78, 5) is 25.6. The number of hydrogen-bond donors (Lipinski definition) is 1. The fourth-order valence-corrected chi connectivity index (χ4v) is 4.63. The predicted molar refractivity (Wildman–Crippen MR) is 144 cm³/mol. The van der Waals surface area contributed by atoms with Crippen LogP contribution in [0.2, 0.25) is 10.0 Å². The molecular weight excluding hydrogens is 623 g/mol. The lowest BCUT2D eigenvalue weighted by Gasteiger charge is -2.17. The molecule has 1 N–H and O–H groups in total. The maximum atomic E-state index is 13.0. The van der Waals surface area contributed by atoms with Gasteiger partial charge in [0, 0.05) is 4.47 Å². The fourth-order valence-electron chi connectivity index (χ4n) is 3.36. The Bertz CT molecular complexity index is 1330. The molecule has 0 aliphatic carbocycles. The maximum absolute atomic E-state index is 13.0. The number of carbonyl (C=O) groups excluding carboxylic acids is 2. The van der Waals surface area contributed by atoms with E-state index < -0.39 is 11.8 Å². The van der Waals surface area contributed by atoms with Crippen LogP contribution in [0.25, 0.3) is 6.08 Å². The number of carbonyl (C=O) groups is 2. The van der Waals surface area contributed by atoms with Gasteiger partial charge < -0.3 is 9.47 Å². The van der Waals surface area contributed by atoms with Crippen LogP contribution >= 0.6 is 55.1 Å². The predicted octanol–water partition coefficient (Wildman–Crippen LogP) is 6.96. The molecule has 1 saturated heterocycles. The number of ether oxygens (including phenoxy) is 2. The van der Waals surface area contributed by atoms with E-state index >= 15 is 0 Å². The number of nitrogens with one attached hydrogen (secondary N) is 1. The second-order valence-corrected chi connectivity index (χ2v) is 9.77. The van der Waals surface area contributed by atoms with Crippen molar-refractivity contribution in [1.29, 1.82) is 0 Å². The summed E-state index contributed by atoms with van der Waals surface area (Å²) < 4.78 is 13.0. The zero-order valence-electron chi connectivity index (χ0n) is 18.3. The molecular formula is C25H18Br2Cl2N2O4. The van der Waals surface area contributed by atoms with Crippen molar-refractivity contribution in [3.8, 4) is 11.5 Å². The molecule has 180 valence electrons. The molecule has 0 unspecified atom stereocenters. The Balaban J connectivity index is 1.66. The first-order valence-electron chi connectivity index (χ1n) is 10.4. The van der Waals surface area contributed by atoms with Crippen molar-refractivity contribution in [2.75, 3.05) is 11.6 Å². The number of hydrogen-bond acceptors (Lipinski definition) is 4. The van der Waals surface area contributed by atoms with Gasteiger partial charge in [-0.3, -0.25) is 15.0 Å². The van der Waals surface area contributed by atoms with E-state index in [1.165, 1.54) is 11.1 Å². The summed E-state index contributed by atoms with van der Waals surface area (Å²) in [6, 6.07) is 15.8. The minimum absolute atomic E-state index is 0.00613. The van der Waals surface area contributed by atoms with E-state index in [0.29, 0.717) is 48.3 Å². The molecule has 3 aromatic carbocycles. The van der Waals surface area contributed by atoms with Gasteiger partial charge in [-0.05, 0) is 86.3 Å². The van der Waals surface area contributed by atoms with Crippen molar-refractivity contribution >= 4 is 78.6 Å². The number of anilines is 1. The summed E-state index contributed by atoms with van der Waals surface area (Å²) in [6.45, 7) is 2.45. The summed E-state index contributed by atoms with van der Waals surface area (Å²) in [5.74, 6) is -0.0535. The van der Waals surface area contributed by atoms with Crippen LogP contribution in [0.3, 0.4) is 0 Å². The van der Waals surface area contributed by atoms with Gasteiger partial charge in [-0.25, -0.2) is 5.01 Å². The van der Waals surface area contributed by atoms with Crippen LogP contribution < -0.4 is 19.9 Å². The number of hydrazine groups is 1. The van der Waals surface area contributed by atoms with Crippen LogP contribution in [-0.4, -0.2) is 18.4 Å². The Morgan fingerprint density at radius 3 is 2.40 bits per heavy atom. The summed E-state index contributed by atoms with van der Waals surface area (Å²) in [7, 11) is 0. The summed E-state index contributed by atoms with van der Waals surface area (Å²) in [5.41, 5.74) is 4.54. The molecule has 35 heavy (non-hydrogen) atoms. The molecule has 0 spiro atoms. The molecule has 6 nitrogen and oxygen atoms in total. The molecule has 0 saturated carbocycles. The van der Waals surface area contributed by atoms with Gasteiger partial charge >= 0.3 is 0 Å². The fraction of sp³-hybridized carbons (Fsp3) is 0.120. The largest absolute Gasteiger partial charge is 0.490 e. The third kappa shape index (κ3) is 5.51. The molecule has 4 rings (SSSR count). The lowest BCUT2D eigenvalue weighted by atomic mass is 10.1. The maximum Gasteiger partial charge on any atom is 0.282 e. The second-order valence-electron chi connectivity index (χ2n) is 7.37. The smallest absolute Gasteiger partial charge is 0.282 e. The van der Waals surface area contributed by atoms with Gasteiger partial charge in [0.25, 0.3) is 11.8 Å². The van der Waals surface area contributed by atoms with Crippen molar-refractivity contribution in [3.63, 3.8) is 0 Å². The van der Waals surface area contributed by atoms with Crippen molar-refractivity contribution < 1.29 is 19.1 Å². The van der Waals surface area contributed by atoms with E-state index in [-0.39, 0.29) is 12.2 Å². The van der Waals surface area contributed by atoms with E-state index in [4.69, 9.17) is 32.7 Å². The van der Waals surface area contributed by atoms with E-state index in [1.807, 2.05) is 19.1 Å². The molecule has 0 radical (unpaired) electrons. The van der Waals surface area contributed by atoms with Crippen LogP contribution in [0.1, 0.15) is 18.1 Å². The standard InChI is InChI=1S/C25H18Br2Cl2N2O4/c1-2-34-20-12-15(11-17-24(32)30-31(25(17)33)16-6-4-3-5-7-16)21(26)22(27)23(20)35-13-14-8-9-18(28)19(29)10-14/h3-12H,2,13H2,1H3,(H,30,32)/b17-11-. The van der Waals surface area contributed by atoms with E-state index in [1.54, 1.807) is 42.5 Å². The second kappa shape index (κ2) is 11.0. The Morgan fingerprint density at radius 1 is 0.971 bits per heavy atom. The highest BCUT2D eigenvalue weighted by atomic mass is 79.9. The number of amides is 2. The molecule has 0 bridgehead atoms. The quantitative estimate of drug-likeness (QED) is 0.224. The van der Waals surface area contributed by atoms with Crippen LogP contribution in [-0.2, 0) is 16.2 Å². The minimum atomic E-state index is -0.500. The van der Waals surface area contributed by atoms with Crippen molar-refractivity contribution in [2.24, 2.45) is 0 Å². The van der Waals surface area contributed by atoms with Gasteiger partial charge in [-0.2, -0.15) is 0 Å². The molecule has 1 aliphatic rings.